The number of rotatable bonds is 10. The fraction of sp³-hybridized carbons (Fsp3) is 0.394. The van der Waals surface area contributed by atoms with Crippen molar-refractivity contribution in [3.8, 4) is 0 Å². The second-order valence-corrected chi connectivity index (χ2v) is 11.2. The van der Waals surface area contributed by atoms with Crippen LogP contribution in [0.4, 0.5) is 0 Å². The number of nitrogens with one attached hydrogen (secondary N) is 2. The Hall–Kier alpha value is -4.20. The third-order valence-electron chi connectivity index (χ3n) is 8.48. The van der Waals surface area contributed by atoms with Crippen molar-refractivity contribution in [2.45, 2.75) is 87.5 Å². The lowest BCUT2D eigenvalue weighted by Crippen LogP contribution is -2.02. The van der Waals surface area contributed by atoms with Gasteiger partial charge in [0.1, 0.15) is 0 Å². The van der Waals surface area contributed by atoms with Gasteiger partial charge in [-0.3, -0.25) is 19.6 Å². The number of carboxylic acid groups (broad SMARTS) is 2. The van der Waals surface area contributed by atoms with Crippen LogP contribution in [0.2, 0.25) is 0 Å². The van der Waals surface area contributed by atoms with Gasteiger partial charge in [-0.1, -0.05) is 0 Å². The van der Waals surface area contributed by atoms with Crippen LogP contribution in [0.15, 0.2) is 43.7 Å². The average molecular weight is 557 g/mol. The topological polar surface area (TPSA) is 131 Å². The van der Waals surface area contributed by atoms with Gasteiger partial charge in [-0.25, -0.2) is 0 Å². The molecule has 0 bridgehead atoms. The summed E-state index contributed by atoms with van der Waals surface area (Å²) in [6.07, 6.45) is 6.09. The Morgan fingerprint density at radius 3 is 1.37 bits per heavy atom. The summed E-state index contributed by atoms with van der Waals surface area (Å²) in [6, 6.07) is 0. The van der Waals surface area contributed by atoms with Crippen LogP contribution in [0.5, 0.6) is 0 Å². The lowest BCUT2D eigenvalue weighted by Gasteiger charge is -2.08. The van der Waals surface area contributed by atoms with E-state index >= 15 is 0 Å². The maximum atomic E-state index is 11.1. The quantitative estimate of drug-likeness (QED) is 0.252. The molecule has 0 radical (unpaired) electrons. The van der Waals surface area contributed by atoms with E-state index in [1.54, 1.807) is 0 Å². The highest BCUT2D eigenvalue weighted by Crippen LogP contribution is 2.37. The molecule has 216 valence electrons. The van der Waals surface area contributed by atoms with Gasteiger partial charge in [0.25, 0.3) is 0 Å². The van der Waals surface area contributed by atoms with Crippen LogP contribution < -0.4 is 0 Å². The van der Waals surface area contributed by atoms with Gasteiger partial charge < -0.3 is 20.2 Å². The zero-order valence-electron chi connectivity index (χ0n) is 25.3. The molecule has 41 heavy (non-hydrogen) atoms. The molecule has 0 amide bonds. The van der Waals surface area contributed by atoms with Crippen LogP contribution in [0, 0.1) is 27.7 Å². The number of hydrogen-bond donors (Lipinski definition) is 4. The van der Waals surface area contributed by atoms with E-state index in [2.05, 4.69) is 36.0 Å². The van der Waals surface area contributed by atoms with Crippen molar-refractivity contribution < 1.29 is 19.8 Å². The van der Waals surface area contributed by atoms with Crippen molar-refractivity contribution in [1.82, 2.24) is 9.97 Å². The van der Waals surface area contributed by atoms with Crippen molar-refractivity contribution in [3.63, 3.8) is 0 Å². The first-order chi connectivity index (χ1) is 19.3. The van der Waals surface area contributed by atoms with E-state index in [-0.39, 0.29) is 12.8 Å². The molecular formula is C33H40N4O4. The van der Waals surface area contributed by atoms with Crippen molar-refractivity contribution in [2.24, 2.45) is 9.98 Å². The Labute approximate surface area is 241 Å². The minimum atomic E-state index is -0.795. The summed E-state index contributed by atoms with van der Waals surface area (Å²) >= 11 is 0. The van der Waals surface area contributed by atoms with Gasteiger partial charge in [0, 0.05) is 53.5 Å². The molecule has 8 nitrogen and oxygen atoms in total. The Bertz CT molecular complexity index is 1510. The monoisotopic (exact) mass is 556 g/mol. The fourth-order valence-electron chi connectivity index (χ4n) is 5.90. The van der Waals surface area contributed by atoms with Gasteiger partial charge in [-0.2, -0.15) is 0 Å². The number of hydrogen-bond acceptors (Lipinski definition) is 4. The summed E-state index contributed by atoms with van der Waals surface area (Å²) in [6.45, 7) is 16.3. The number of carboxylic acids is 2. The number of carbonyl (C=O) groups is 2. The number of allylic oxidation sites excluding steroid dienone is 4. The van der Waals surface area contributed by atoms with Gasteiger partial charge >= 0.3 is 11.9 Å². The Morgan fingerprint density at radius 2 is 1.02 bits per heavy atom. The number of aliphatic carboxylic acids is 2. The highest BCUT2D eigenvalue weighted by atomic mass is 16.4. The molecule has 8 heteroatoms. The second-order valence-electron chi connectivity index (χ2n) is 11.2. The molecule has 0 saturated carbocycles. The number of nitrogens with zero attached hydrogens (tertiary/aromatic N) is 2. The second kappa shape index (κ2) is 11.7. The van der Waals surface area contributed by atoms with Crippen molar-refractivity contribution in [3.05, 3.63) is 78.7 Å². The van der Waals surface area contributed by atoms with Gasteiger partial charge in [0.2, 0.25) is 0 Å². The van der Waals surface area contributed by atoms with E-state index in [0.717, 1.165) is 85.4 Å². The first-order valence-electron chi connectivity index (χ1n) is 14.0. The molecule has 2 aromatic rings. The third-order valence-corrected chi connectivity index (χ3v) is 8.48. The summed E-state index contributed by atoms with van der Waals surface area (Å²) in [4.78, 5) is 38.8. The SMILES string of the molecule is CC1=N/C(=C\c2[nH]c(C)c(CCC(=O)O)c2C)C(C)=C1CC1=C(C)/C(=C\c2[nH]c(C)c(CCC(=O)O)c2C)N=C1C. The molecule has 2 aromatic heterocycles. The zero-order valence-corrected chi connectivity index (χ0v) is 25.3. The van der Waals surface area contributed by atoms with Crippen LogP contribution in [-0.2, 0) is 22.4 Å². The molecule has 0 fully saturated rings. The third kappa shape index (κ3) is 6.11. The smallest absolute Gasteiger partial charge is 0.303 e. The Morgan fingerprint density at radius 1 is 0.659 bits per heavy atom. The maximum absolute atomic E-state index is 11.1. The number of aromatic nitrogens is 2. The summed E-state index contributed by atoms with van der Waals surface area (Å²) < 4.78 is 0. The molecule has 2 aliphatic heterocycles. The first-order valence-corrected chi connectivity index (χ1v) is 14.0. The van der Waals surface area contributed by atoms with Gasteiger partial charge in [-0.05, 0) is 125 Å². The zero-order chi connectivity index (χ0) is 30.2. The number of aliphatic imine (C=N–C) groups is 2. The molecule has 0 aromatic carbocycles. The van der Waals surface area contributed by atoms with E-state index in [9.17, 15) is 9.59 Å². The Balaban J connectivity index is 1.61. The van der Waals surface area contributed by atoms with Crippen LogP contribution in [0.3, 0.4) is 0 Å². The summed E-state index contributed by atoms with van der Waals surface area (Å²) in [5.41, 5.74) is 16.6. The minimum Gasteiger partial charge on any atom is -0.481 e. The highest BCUT2D eigenvalue weighted by molar-refractivity contribution is 6.09. The van der Waals surface area contributed by atoms with Crippen LogP contribution >= 0.6 is 0 Å². The molecule has 4 heterocycles. The van der Waals surface area contributed by atoms with E-state index in [0.29, 0.717) is 12.8 Å². The lowest BCUT2D eigenvalue weighted by molar-refractivity contribution is -0.138. The predicted molar refractivity (Wildman–Crippen MR) is 165 cm³/mol. The molecule has 0 spiro atoms. The van der Waals surface area contributed by atoms with E-state index < -0.39 is 11.9 Å². The van der Waals surface area contributed by atoms with Crippen LogP contribution in [0.1, 0.15) is 92.0 Å². The van der Waals surface area contributed by atoms with E-state index in [1.807, 2.05) is 41.5 Å². The first kappa shape index (κ1) is 29.8. The molecule has 0 saturated heterocycles. The minimum absolute atomic E-state index is 0.108. The normalized spacial score (nSPS) is 17.4. The lowest BCUT2D eigenvalue weighted by atomic mass is 9.93. The van der Waals surface area contributed by atoms with Gasteiger partial charge in [0.15, 0.2) is 0 Å². The number of aromatic amines is 2. The van der Waals surface area contributed by atoms with Crippen molar-refractivity contribution >= 4 is 35.5 Å². The average Bonchev–Trinajstić information content (AvgIpc) is 3.51. The Kier molecular flexibility index (Phi) is 8.52. The van der Waals surface area contributed by atoms with Crippen molar-refractivity contribution in [1.29, 1.82) is 0 Å². The highest BCUT2D eigenvalue weighted by Gasteiger charge is 2.25. The molecule has 0 aliphatic carbocycles. The summed E-state index contributed by atoms with van der Waals surface area (Å²) in [5.74, 6) is -1.59. The maximum Gasteiger partial charge on any atom is 0.303 e. The molecular weight excluding hydrogens is 516 g/mol. The molecule has 0 atom stereocenters. The van der Waals surface area contributed by atoms with E-state index in [4.69, 9.17) is 20.2 Å². The number of aryl methyl sites for hydroxylation is 2. The standard InChI is InChI=1S/C33H40N4O4/c1-16-24(9-11-32(38)39)20(5)34-28(16)14-30-18(3)26(22(7)36-30)13-27-19(4)31(37-23(27)8)15-29-17(2)25(21(6)35-29)10-12-33(40)41/h14-15,34-35H,9-13H2,1-8H3,(H,38,39)(H,40,41)/b30-14-,31-15+. The summed E-state index contributed by atoms with van der Waals surface area (Å²) in [7, 11) is 0. The molecule has 4 N–H and O–H groups in total. The summed E-state index contributed by atoms with van der Waals surface area (Å²) in [5, 5.41) is 18.2. The van der Waals surface area contributed by atoms with Crippen LogP contribution in [0.25, 0.3) is 12.2 Å². The van der Waals surface area contributed by atoms with E-state index in [1.165, 1.54) is 11.1 Å². The predicted octanol–water partition coefficient (Wildman–Crippen LogP) is 6.96. The number of H-pyrrole nitrogens is 2. The largest absolute Gasteiger partial charge is 0.481 e. The van der Waals surface area contributed by atoms with Gasteiger partial charge in [-0.15, -0.1) is 0 Å². The molecule has 2 aliphatic rings. The van der Waals surface area contributed by atoms with Gasteiger partial charge in [0.05, 0.1) is 11.4 Å². The fourth-order valence-corrected chi connectivity index (χ4v) is 5.90. The van der Waals surface area contributed by atoms with Crippen LogP contribution in [-0.4, -0.2) is 43.5 Å². The molecule has 4 rings (SSSR count). The molecule has 0 unspecified atom stereocenters. The van der Waals surface area contributed by atoms with Crippen molar-refractivity contribution in [2.75, 3.05) is 0 Å².